The zero-order valence-electron chi connectivity index (χ0n) is 12.7. The molecule has 0 saturated carbocycles. The molecule has 0 spiro atoms. The molecule has 1 aromatic heterocycles. The first kappa shape index (κ1) is 14.8. The first-order chi connectivity index (χ1) is 9.49. The van der Waals surface area contributed by atoms with E-state index < -0.39 is 0 Å². The third-order valence-electron chi connectivity index (χ3n) is 3.78. The van der Waals surface area contributed by atoms with Gasteiger partial charge in [0.2, 0.25) is 0 Å². The Hall–Kier alpha value is -1.62. The van der Waals surface area contributed by atoms with E-state index in [1.165, 1.54) is 11.3 Å². The Morgan fingerprint density at radius 1 is 1.30 bits per heavy atom. The molecule has 0 saturated heterocycles. The second-order valence-electron chi connectivity index (χ2n) is 5.81. The molecule has 110 valence electrons. The van der Waals surface area contributed by atoms with Crippen molar-refractivity contribution in [3.05, 3.63) is 22.9 Å². The van der Waals surface area contributed by atoms with Gasteiger partial charge in [-0.2, -0.15) is 0 Å². The van der Waals surface area contributed by atoms with Crippen LogP contribution in [0.4, 0.5) is 5.82 Å². The van der Waals surface area contributed by atoms with Gasteiger partial charge in [0.1, 0.15) is 11.7 Å². The van der Waals surface area contributed by atoms with Crippen molar-refractivity contribution in [2.45, 2.75) is 25.7 Å². The summed E-state index contributed by atoms with van der Waals surface area (Å²) in [7, 11) is 6.19. The summed E-state index contributed by atoms with van der Waals surface area (Å²) < 4.78 is 0. The Bertz CT molecular complexity index is 495. The molecule has 0 aliphatic heterocycles. The molecule has 0 aromatic carbocycles. The quantitative estimate of drug-likeness (QED) is 0.605. The highest BCUT2D eigenvalue weighted by atomic mass is 15.2. The van der Waals surface area contributed by atoms with Gasteiger partial charge in [0, 0.05) is 19.3 Å². The zero-order chi connectivity index (χ0) is 14.7. The lowest BCUT2D eigenvalue weighted by Gasteiger charge is -2.22. The second-order valence-corrected chi connectivity index (χ2v) is 5.81. The van der Waals surface area contributed by atoms with Crippen LogP contribution < -0.4 is 10.6 Å². The predicted molar refractivity (Wildman–Crippen MR) is 83.7 cm³/mol. The number of aryl methyl sites for hydroxylation is 2. The minimum absolute atomic E-state index is 0.113. The molecule has 2 rings (SSSR count). The number of amidine groups is 1. The van der Waals surface area contributed by atoms with E-state index >= 15 is 0 Å². The van der Waals surface area contributed by atoms with Crippen molar-refractivity contribution in [1.29, 1.82) is 5.41 Å². The van der Waals surface area contributed by atoms with Crippen molar-refractivity contribution in [2.75, 3.05) is 39.1 Å². The van der Waals surface area contributed by atoms with Crippen molar-refractivity contribution in [3.63, 3.8) is 0 Å². The van der Waals surface area contributed by atoms with Crippen LogP contribution in [0.2, 0.25) is 0 Å². The van der Waals surface area contributed by atoms with Crippen molar-refractivity contribution in [2.24, 2.45) is 5.73 Å². The number of fused-ring (bicyclic) bond motifs is 1. The molecule has 5 heteroatoms. The molecule has 1 aromatic rings. The number of aromatic nitrogens is 1. The van der Waals surface area contributed by atoms with Crippen LogP contribution in [0.1, 0.15) is 29.7 Å². The molecular weight excluding hydrogens is 250 g/mol. The Labute approximate surface area is 121 Å². The molecular formula is C15H25N5. The summed E-state index contributed by atoms with van der Waals surface area (Å²) in [5.74, 6) is 0.971. The fourth-order valence-electron chi connectivity index (χ4n) is 2.68. The summed E-state index contributed by atoms with van der Waals surface area (Å²) in [6, 6.07) is 2.06. The number of nitrogen functional groups attached to an aromatic ring is 1. The molecule has 0 bridgehead atoms. The summed E-state index contributed by atoms with van der Waals surface area (Å²) >= 11 is 0. The molecule has 1 aliphatic carbocycles. The fourth-order valence-corrected chi connectivity index (χ4v) is 2.68. The van der Waals surface area contributed by atoms with E-state index in [2.05, 4.69) is 30.0 Å². The lowest BCUT2D eigenvalue weighted by Crippen LogP contribution is -2.27. The molecule has 0 unspecified atom stereocenters. The van der Waals surface area contributed by atoms with E-state index in [4.69, 9.17) is 16.1 Å². The van der Waals surface area contributed by atoms with Gasteiger partial charge in [0.15, 0.2) is 0 Å². The molecule has 0 atom stereocenters. The maximum Gasteiger partial charge on any atom is 0.139 e. The van der Waals surface area contributed by atoms with Crippen molar-refractivity contribution in [3.8, 4) is 0 Å². The van der Waals surface area contributed by atoms with Gasteiger partial charge >= 0.3 is 0 Å². The monoisotopic (exact) mass is 275 g/mol. The number of hydrogen-bond acceptors (Lipinski definition) is 4. The van der Waals surface area contributed by atoms with Crippen LogP contribution in [-0.4, -0.2) is 50.0 Å². The van der Waals surface area contributed by atoms with Crippen molar-refractivity contribution in [1.82, 2.24) is 9.88 Å². The van der Waals surface area contributed by atoms with E-state index in [0.717, 1.165) is 50.2 Å². The Kier molecular flexibility index (Phi) is 4.60. The number of anilines is 1. The summed E-state index contributed by atoms with van der Waals surface area (Å²) in [4.78, 5) is 9.06. The first-order valence-electron chi connectivity index (χ1n) is 7.22. The summed E-state index contributed by atoms with van der Waals surface area (Å²) in [6.45, 7) is 1.97. The van der Waals surface area contributed by atoms with Gasteiger partial charge in [-0.3, -0.25) is 5.41 Å². The van der Waals surface area contributed by atoms with Gasteiger partial charge in [-0.25, -0.2) is 4.98 Å². The molecule has 3 N–H and O–H groups in total. The maximum absolute atomic E-state index is 7.78. The molecule has 0 amide bonds. The zero-order valence-corrected chi connectivity index (χ0v) is 12.7. The van der Waals surface area contributed by atoms with Crippen molar-refractivity contribution >= 4 is 11.7 Å². The number of pyridine rings is 1. The summed E-state index contributed by atoms with van der Waals surface area (Å²) in [6.07, 6.45) is 4.34. The van der Waals surface area contributed by atoms with Crippen LogP contribution in [0.25, 0.3) is 0 Å². The normalized spacial score (nSPS) is 13.6. The SMILES string of the molecule is CN(C)CCCN(C)c1nc2c(cc1C(=N)N)CCC2. The topological polar surface area (TPSA) is 69.2 Å². The van der Waals surface area contributed by atoms with E-state index in [-0.39, 0.29) is 5.84 Å². The Morgan fingerprint density at radius 2 is 2.05 bits per heavy atom. The smallest absolute Gasteiger partial charge is 0.139 e. The fraction of sp³-hybridized carbons (Fsp3) is 0.600. The van der Waals surface area contributed by atoms with Gasteiger partial charge in [-0.15, -0.1) is 0 Å². The largest absolute Gasteiger partial charge is 0.384 e. The van der Waals surface area contributed by atoms with Crippen LogP contribution in [0, 0.1) is 5.41 Å². The highest BCUT2D eigenvalue weighted by Crippen LogP contribution is 2.26. The van der Waals surface area contributed by atoms with Gasteiger partial charge in [0.05, 0.1) is 5.56 Å². The minimum atomic E-state index is 0.113. The van der Waals surface area contributed by atoms with Crippen molar-refractivity contribution < 1.29 is 0 Å². The summed E-state index contributed by atoms with van der Waals surface area (Å²) in [5, 5.41) is 7.78. The number of nitrogens with two attached hydrogens (primary N) is 1. The Balaban J connectivity index is 2.18. The molecule has 1 aliphatic rings. The van der Waals surface area contributed by atoms with Gasteiger partial charge in [-0.1, -0.05) is 0 Å². The van der Waals surface area contributed by atoms with E-state index in [0.29, 0.717) is 0 Å². The number of rotatable bonds is 6. The number of nitrogens with one attached hydrogen (secondary N) is 1. The first-order valence-corrected chi connectivity index (χ1v) is 7.22. The van der Waals surface area contributed by atoms with Crippen LogP contribution >= 0.6 is 0 Å². The Morgan fingerprint density at radius 3 is 2.70 bits per heavy atom. The molecule has 0 fully saturated rings. The lowest BCUT2D eigenvalue weighted by molar-refractivity contribution is 0.401. The number of hydrogen-bond donors (Lipinski definition) is 2. The van der Waals surface area contributed by atoms with Crippen LogP contribution in [-0.2, 0) is 12.8 Å². The number of nitrogens with zero attached hydrogens (tertiary/aromatic N) is 3. The summed E-state index contributed by atoms with van der Waals surface area (Å²) in [5.41, 5.74) is 8.96. The van der Waals surface area contributed by atoms with E-state index in [1.54, 1.807) is 0 Å². The molecule has 20 heavy (non-hydrogen) atoms. The second kappa shape index (κ2) is 6.22. The molecule has 5 nitrogen and oxygen atoms in total. The molecule has 0 radical (unpaired) electrons. The predicted octanol–water partition coefficient (Wildman–Crippen LogP) is 1.24. The van der Waals surface area contributed by atoms with E-state index in [1.807, 2.05) is 7.05 Å². The lowest BCUT2D eigenvalue weighted by atomic mass is 10.1. The van der Waals surface area contributed by atoms with Crippen LogP contribution in [0.3, 0.4) is 0 Å². The highest BCUT2D eigenvalue weighted by Gasteiger charge is 2.19. The van der Waals surface area contributed by atoms with E-state index in [9.17, 15) is 0 Å². The van der Waals surface area contributed by atoms with Gasteiger partial charge in [0.25, 0.3) is 0 Å². The standard InChI is InChI=1S/C15H25N5/c1-19(2)8-5-9-20(3)15-12(14(16)17)10-11-6-4-7-13(11)18-15/h10H,4-9H2,1-3H3,(H3,16,17). The highest BCUT2D eigenvalue weighted by molar-refractivity contribution is 5.99. The third kappa shape index (κ3) is 3.28. The van der Waals surface area contributed by atoms with Gasteiger partial charge in [-0.05, 0) is 58.0 Å². The average Bonchev–Trinajstić information content (AvgIpc) is 2.83. The average molecular weight is 275 g/mol. The minimum Gasteiger partial charge on any atom is -0.384 e. The van der Waals surface area contributed by atoms with Crippen LogP contribution in [0.15, 0.2) is 6.07 Å². The third-order valence-corrected chi connectivity index (χ3v) is 3.78. The van der Waals surface area contributed by atoms with Crippen LogP contribution in [0.5, 0.6) is 0 Å². The maximum atomic E-state index is 7.78. The molecule has 1 heterocycles. The van der Waals surface area contributed by atoms with Gasteiger partial charge < -0.3 is 15.5 Å².